The minimum atomic E-state index is -0.471. The lowest BCUT2D eigenvalue weighted by Gasteiger charge is -2.06. The number of rotatable bonds is 7. The number of carbonyl (C=O) groups is 2. The normalized spacial score (nSPS) is 10.3. The van der Waals surface area contributed by atoms with E-state index in [1.807, 2.05) is 26.0 Å². The first-order valence-corrected chi connectivity index (χ1v) is 6.31. The molecule has 0 aliphatic heterocycles. The second-order valence-electron chi connectivity index (χ2n) is 4.82. The van der Waals surface area contributed by atoms with Crippen molar-refractivity contribution >= 4 is 11.8 Å². The molecule has 19 heavy (non-hydrogen) atoms. The van der Waals surface area contributed by atoms with Crippen molar-refractivity contribution < 1.29 is 19.1 Å². The van der Waals surface area contributed by atoms with Gasteiger partial charge in [-0.25, -0.2) is 0 Å². The summed E-state index contributed by atoms with van der Waals surface area (Å²) in [7, 11) is 1.59. The lowest BCUT2D eigenvalue weighted by Crippen LogP contribution is -2.12. The Bertz CT molecular complexity index is 420. The second-order valence-corrected chi connectivity index (χ2v) is 4.82. The Kier molecular flexibility index (Phi) is 6.06. The number of carbonyl (C=O) groups excluding carboxylic acids is 2. The van der Waals surface area contributed by atoms with Gasteiger partial charge in [-0.05, 0) is 23.6 Å². The Labute approximate surface area is 113 Å². The van der Waals surface area contributed by atoms with Crippen LogP contribution in [0.1, 0.15) is 32.3 Å². The fourth-order valence-electron chi connectivity index (χ4n) is 1.63. The molecule has 0 spiro atoms. The maximum atomic E-state index is 11.5. The maximum Gasteiger partial charge on any atom is 0.313 e. The van der Waals surface area contributed by atoms with Gasteiger partial charge < -0.3 is 9.47 Å². The summed E-state index contributed by atoms with van der Waals surface area (Å²) >= 11 is 0. The fraction of sp³-hybridized carbons (Fsp3) is 0.467. The molecule has 0 saturated heterocycles. The lowest BCUT2D eigenvalue weighted by atomic mass is 10.1. The van der Waals surface area contributed by atoms with Crippen LogP contribution in [0, 0.1) is 5.92 Å². The van der Waals surface area contributed by atoms with Crippen LogP contribution < -0.4 is 4.74 Å². The van der Waals surface area contributed by atoms with Crippen LogP contribution in [0.2, 0.25) is 0 Å². The van der Waals surface area contributed by atoms with Crippen LogP contribution in [0.15, 0.2) is 24.3 Å². The van der Waals surface area contributed by atoms with Crippen molar-refractivity contribution in [1.29, 1.82) is 0 Å². The van der Waals surface area contributed by atoms with Crippen LogP contribution in [0.4, 0.5) is 0 Å². The van der Waals surface area contributed by atoms with Crippen molar-refractivity contribution in [2.75, 3.05) is 7.11 Å². The molecule has 0 aromatic heterocycles. The molecule has 104 valence electrons. The number of ketones is 1. The van der Waals surface area contributed by atoms with Crippen molar-refractivity contribution in [3.8, 4) is 5.75 Å². The van der Waals surface area contributed by atoms with Gasteiger partial charge in [-0.3, -0.25) is 9.59 Å². The molecule has 4 heteroatoms. The Balaban J connectivity index is 2.35. The average Bonchev–Trinajstić information content (AvgIpc) is 2.36. The highest BCUT2D eigenvalue weighted by atomic mass is 16.5. The largest absolute Gasteiger partial charge is 0.497 e. The minimum Gasteiger partial charge on any atom is -0.497 e. The van der Waals surface area contributed by atoms with Gasteiger partial charge in [-0.2, -0.15) is 0 Å². The van der Waals surface area contributed by atoms with Gasteiger partial charge in [0.15, 0.2) is 0 Å². The van der Waals surface area contributed by atoms with E-state index >= 15 is 0 Å². The zero-order chi connectivity index (χ0) is 14.3. The second kappa shape index (κ2) is 7.56. The third-order valence-electron chi connectivity index (χ3n) is 2.54. The first-order chi connectivity index (χ1) is 9.01. The molecule has 0 atom stereocenters. The first kappa shape index (κ1) is 15.2. The molecule has 1 aromatic rings. The Morgan fingerprint density at radius 2 is 1.79 bits per heavy atom. The summed E-state index contributed by atoms with van der Waals surface area (Å²) in [5, 5.41) is 0. The van der Waals surface area contributed by atoms with E-state index in [1.54, 1.807) is 19.2 Å². The Morgan fingerprint density at radius 3 is 2.32 bits per heavy atom. The van der Waals surface area contributed by atoms with Crippen LogP contribution in [-0.4, -0.2) is 18.9 Å². The molecule has 4 nitrogen and oxygen atoms in total. The monoisotopic (exact) mass is 264 g/mol. The molecule has 0 N–H and O–H groups in total. The zero-order valence-corrected chi connectivity index (χ0v) is 11.6. The van der Waals surface area contributed by atoms with Crippen LogP contribution >= 0.6 is 0 Å². The first-order valence-electron chi connectivity index (χ1n) is 6.31. The van der Waals surface area contributed by atoms with E-state index in [-0.39, 0.29) is 24.7 Å². The topological polar surface area (TPSA) is 52.6 Å². The number of ether oxygens (including phenoxy) is 2. The van der Waals surface area contributed by atoms with Crippen molar-refractivity contribution in [2.24, 2.45) is 5.92 Å². The van der Waals surface area contributed by atoms with Gasteiger partial charge in [-0.1, -0.05) is 26.0 Å². The summed E-state index contributed by atoms with van der Waals surface area (Å²) < 4.78 is 10.1. The molecule has 0 amide bonds. The predicted octanol–water partition coefficient (Wildman–Crippen LogP) is 2.74. The third kappa shape index (κ3) is 6.04. The number of benzene rings is 1. The van der Waals surface area contributed by atoms with E-state index in [0.29, 0.717) is 6.42 Å². The van der Waals surface area contributed by atoms with Gasteiger partial charge in [0.1, 0.15) is 24.6 Å². The summed E-state index contributed by atoms with van der Waals surface area (Å²) in [4.78, 5) is 22.9. The van der Waals surface area contributed by atoms with E-state index in [1.165, 1.54) is 0 Å². The van der Waals surface area contributed by atoms with Gasteiger partial charge in [-0.15, -0.1) is 0 Å². The summed E-state index contributed by atoms with van der Waals surface area (Å²) in [6.45, 7) is 4.07. The van der Waals surface area contributed by atoms with E-state index in [0.717, 1.165) is 11.3 Å². The van der Waals surface area contributed by atoms with Gasteiger partial charge in [0.05, 0.1) is 7.11 Å². The molecule has 0 saturated carbocycles. The molecule has 0 unspecified atom stereocenters. The molecular weight excluding hydrogens is 244 g/mol. The molecule has 0 aliphatic rings. The highest BCUT2D eigenvalue weighted by Crippen LogP contribution is 2.12. The van der Waals surface area contributed by atoms with Crippen molar-refractivity contribution in [3.05, 3.63) is 29.8 Å². The molecule has 0 fully saturated rings. The molecular formula is C15H20O4. The minimum absolute atomic E-state index is 0.0743. The number of esters is 1. The summed E-state index contributed by atoms with van der Waals surface area (Å²) in [6, 6.07) is 7.24. The number of methoxy groups -OCH3 is 1. The van der Waals surface area contributed by atoms with Gasteiger partial charge in [0, 0.05) is 6.42 Å². The van der Waals surface area contributed by atoms with Gasteiger partial charge in [0.25, 0.3) is 0 Å². The van der Waals surface area contributed by atoms with E-state index in [4.69, 9.17) is 9.47 Å². The highest BCUT2D eigenvalue weighted by Gasteiger charge is 2.12. The van der Waals surface area contributed by atoms with Crippen molar-refractivity contribution in [3.63, 3.8) is 0 Å². The molecule has 0 heterocycles. The quantitative estimate of drug-likeness (QED) is 0.561. The fourth-order valence-corrected chi connectivity index (χ4v) is 1.63. The maximum absolute atomic E-state index is 11.5. The smallest absolute Gasteiger partial charge is 0.313 e. The summed E-state index contributed by atoms with van der Waals surface area (Å²) in [6.07, 6.45) is 0.270. The highest BCUT2D eigenvalue weighted by molar-refractivity contribution is 5.95. The van der Waals surface area contributed by atoms with E-state index in [9.17, 15) is 9.59 Å². The molecule has 0 radical (unpaired) electrons. The van der Waals surface area contributed by atoms with Crippen LogP contribution in [0.3, 0.4) is 0 Å². The number of hydrogen-bond acceptors (Lipinski definition) is 4. The van der Waals surface area contributed by atoms with E-state index < -0.39 is 5.97 Å². The molecule has 1 rings (SSSR count). The van der Waals surface area contributed by atoms with Gasteiger partial charge in [0.2, 0.25) is 0 Å². The summed E-state index contributed by atoms with van der Waals surface area (Å²) in [5.74, 6) is 0.472. The standard InChI is InChI=1S/C15H20O4/c1-11(2)8-13(16)9-15(17)19-10-12-4-6-14(18-3)7-5-12/h4-7,11H,8-10H2,1-3H3. The summed E-state index contributed by atoms with van der Waals surface area (Å²) in [5.41, 5.74) is 0.866. The van der Waals surface area contributed by atoms with Crippen LogP contribution in [-0.2, 0) is 20.9 Å². The zero-order valence-electron chi connectivity index (χ0n) is 11.6. The Morgan fingerprint density at radius 1 is 1.16 bits per heavy atom. The molecule has 0 aliphatic carbocycles. The molecule has 1 aromatic carbocycles. The third-order valence-corrected chi connectivity index (χ3v) is 2.54. The van der Waals surface area contributed by atoms with E-state index in [2.05, 4.69) is 0 Å². The predicted molar refractivity (Wildman–Crippen MR) is 71.9 cm³/mol. The lowest BCUT2D eigenvalue weighted by molar-refractivity contribution is -0.147. The number of hydrogen-bond donors (Lipinski definition) is 0. The van der Waals surface area contributed by atoms with Gasteiger partial charge >= 0.3 is 5.97 Å². The SMILES string of the molecule is COc1ccc(COC(=O)CC(=O)CC(C)C)cc1. The van der Waals surface area contributed by atoms with Crippen LogP contribution in [0.25, 0.3) is 0 Å². The Hall–Kier alpha value is -1.84. The van der Waals surface area contributed by atoms with Crippen molar-refractivity contribution in [1.82, 2.24) is 0 Å². The average molecular weight is 264 g/mol. The number of Topliss-reactive ketones (excluding diaryl/α,β-unsaturated/α-hetero) is 1. The molecule has 0 bridgehead atoms. The van der Waals surface area contributed by atoms with Crippen molar-refractivity contribution in [2.45, 2.75) is 33.3 Å². The van der Waals surface area contributed by atoms with Crippen LogP contribution in [0.5, 0.6) is 5.75 Å².